The smallest absolute Gasteiger partial charge is 0.394 e. The van der Waals surface area contributed by atoms with Crippen LogP contribution in [0.15, 0.2) is 24.3 Å². The van der Waals surface area contributed by atoms with Crippen LogP contribution in [0.2, 0.25) is 0 Å². The number of halogens is 2. The van der Waals surface area contributed by atoms with Crippen molar-refractivity contribution in [1.29, 1.82) is 0 Å². The molecule has 0 radical (unpaired) electrons. The Balaban J connectivity index is 2.84. The van der Waals surface area contributed by atoms with E-state index in [1.54, 1.807) is 12.1 Å². The molecule has 0 aromatic heterocycles. The van der Waals surface area contributed by atoms with E-state index in [4.69, 9.17) is 0 Å². The summed E-state index contributed by atoms with van der Waals surface area (Å²) < 4.78 is 29.5. The predicted molar refractivity (Wildman–Crippen MR) is 51.8 cm³/mol. The summed E-state index contributed by atoms with van der Waals surface area (Å²) in [6.07, 6.45) is -3.12. The summed E-state index contributed by atoms with van der Waals surface area (Å²) in [5, 5.41) is 0. The minimum absolute atomic E-state index is 0.212. The minimum atomic E-state index is -3.12. The monoisotopic (exact) mass is 200 g/mol. The fourth-order valence-corrected chi connectivity index (χ4v) is 1.14. The van der Waals surface area contributed by atoms with E-state index >= 15 is 0 Å². The maximum absolute atomic E-state index is 12.5. The van der Waals surface area contributed by atoms with Gasteiger partial charge in [-0.2, -0.15) is 8.78 Å². The molecule has 0 heterocycles. The normalized spacial score (nSPS) is 11.9. The van der Waals surface area contributed by atoms with E-state index in [2.05, 4.69) is 4.74 Å². The highest BCUT2D eigenvalue weighted by atomic mass is 19.3. The first kappa shape index (κ1) is 11.0. The average Bonchev–Trinajstić information content (AvgIpc) is 2.01. The molecule has 0 unspecified atom stereocenters. The molecule has 1 nitrogen and oxygen atoms in total. The summed E-state index contributed by atoms with van der Waals surface area (Å²) in [5.74, 6) is 0.521. The van der Waals surface area contributed by atoms with Crippen molar-refractivity contribution in [2.75, 3.05) is 0 Å². The number of hydrogen-bond acceptors (Lipinski definition) is 1. The van der Waals surface area contributed by atoms with Crippen LogP contribution >= 0.6 is 0 Å². The number of ether oxygens (including phenoxy) is 1. The van der Waals surface area contributed by atoms with Crippen molar-refractivity contribution >= 4 is 0 Å². The molecule has 0 spiro atoms. The van der Waals surface area contributed by atoms with Gasteiger partial charge < -0.3 is 4.74 Å². The molecule has 0 atom stereocenters. The second-order valence-corrected chi connectivity index (χ2v) is 3.64. The Kier molecular flexibility index (Phi) is 3.09. The van der Waals surface area contributed by atoms with Crippen LogP contribution in [0, 0.1) is 0 Å². The Labute approximate surface area is 82.7 Å². The van der Waals surface area contributed by atoms with Crippen molar-refractivity contribution in [3.05, 3.63) is 29.8 Å². The summed E-state index contributed by atoms with van der Waals surface area (Å²) >= 11 is 0. The summed E-state index contributed by atoms with van der Waals surface area (Å²) in [7, 11) is 0. The van der Waals surface area contributed by atoms with Crippen molar-refractivity contribution in [2.45, 2.75) is 32.8 Å². The van der Waals surface area contributed by atoms with Crippen LogP contribution in [0.1, 0.15) is 32.3 Å². The van der Waals surface area contributed by atoms with Gasteiger partial charge in [-0.15, -0.1) is 0 Å². The maximum Gasteiger partial charge on any atom is 0.394 e. The van der Waals surface area contributed by atoms with Crippen LogP contribution in [0.3, 0.4) is 0 Å². The SMILES string of the molecule is CC(C)c1cccc(OC(C)(F)F)c1. The largest absolute Gasteiger partial charge is 0.433 e. The van der Waals surface area contributed by atoms with E-state index in [9.17, 15) is 8.78 Å². The molecule has 78 valence electrons. The van der Waals surface area contributed by atoms with E-state index < -0.39 is 6.11 Å². The van der Waals surface area contributed by atoms with Crippen LogP contribution in [0.5, 0.6) is 5.75 Å². The Morgan fingerprint density at radius 1 is 1.29 bits per heavy atom. The van der Waals surface area contributed by atoms with Crippen LogP contribution in [0.4, 0.5) is 8.78 Å². The third-order valence-corrected chi connectivity index (χ3v) is 1.82. The lowest BCUT2D eigenvalue weighted by Crippen LogP contribution is -2.19. The molecule has 14 heavy (non-hydrogen) atoms. The third kappa shape index (κ3) is 3.32. The van der Waals surface area contributed by atoms with Gasteiger partial charge in [-0.25, -0.2) is 0 Å². The fraction of sp³-hybridized carbons (Fsp3) is 0.455. The minimum Gasteiger partial charge on any atom is -0.433 e. The van der Waals surface area contributed by atoms with Crippen molar-refractivity contribution in [3.63, 3.8) is 0 Å². The van der Waals surface area contributed by atoms with Gasteiger partial charge in [-0.3, -0.25) is 0 Å². The molecule has 0 bridgehead atoms. The average molecular weight is 200 g/mol. The molecule has 0 aliphatic heterocycles. The second kappa shape index (κ2) is 3.95. The number of rotatable bonds is 3. The first-order valence-corrected chi connectivity index (χ1v) is 4.55. The summed E-state index contributed by atoms with van der Waals surface area (Å²) in [5.41, 5.74) is 0.992. The van der Waals surface area contributed by atoms with Crippen molar-refractivity contribution < 1.29 is 13.5 Å². The van der Waals surface area contributed by atoms with Crippen LogP contribution in [0.25, 0.3) is 0 Å². The molecule has 0 saturated carbocycles. The molecule has 0 amide bonds. The van der Waals surface area contributed by atoms with E-state index in [-0.39, 0.29) is 5.75 Å². The molecule has 3 heteroatoms. The predicted octanol–water partition coefficient (Wildman–Crippen LogP) is 3.80. The number of hydrogen-bond donors (Lipinski definition) is 0. The Morgan fingerprint density at radius 3 is 2.43 bits per heavy atom. The fourth-order valence-electron chi connectivity index (χ4n) is 1.14. The van der Waals surface area contributed by atoms with Crippen molar-refractivity contribution in [3.8, 4) is 5.75 Å². The quantitative estimate of drug-likeness (QED) is 0.721. The molecule has 0 aliphatic carbocycles. The van der Waals surface area contributed by atoms with Crippen LogP contribution in [-0.2, 0) is 0 Å². The maximum atomic E-state index is 12.5. The molecule has 0 N–H and O–H groups in total. The van der Waals surface area contributed by atoms with E-state index in [0.717, 1.165) is 12.5 Å². The Hall–Kier alpha value is -1.12. The third-order valence-electron chi connectivity index (χ3n) is 1.82. The molecule has 1 rings (SSSR count). The van der Waals surface area contributed by atoms with E-state index in [0.29, 0.717) is 5.92 Å². The lowest BCUT2D eigenvalue weighted by Gasteiger charge is -2.14. The van der Waals surface area contributed by atoms with Gasteiger partial charge in [-0.05, 0) is 23.6 Å². The molecule has 0 fully saturated rings. The zero-order valence-corrected chi connectivity index (χ0v) is 8.55. The van der Waals surface area contributed by atoms with Gasteiger partial charge in [-0.1, -0.05) is 26.0 Å². The van der Waals surface area contributed by atoms with Crippen molar-refractivity contribution in [1.82, 2.24) is 0 Å². The number of alkyl halides is 2. The highest BCUT2D eigenvalue weighted by molar-refractivity contribution is 5.30. The standard InChI is InChI=1S/C11H14F2O/c1-8(2)9-5-4-6-10(7-9)14-11(3,12)13/h4-8H,1-3H3. The summed E-state index contributed by atoms with van der Waals surface area (Å²) in [6, 6.07) is 6.78. The lowest BCUT2D eigenvalue weighted by molar-refractivity contribution is -0.158. The van der Waals surface area contributed by atoms with E-state index in [1.807, 2.05) is 19.9 Å². The zero-order chi connectivity index (χ0) is 10.8. The van der Waals surface area contributed by atoms with Gasteiger partial charge in [0.1, 0.15) is 5.75 Å². The van der Waals surface area contributed by atoms with Crippen LogP contribution in [-0.4, -0.2) is 6.11 Å². The first-order chi connectivity index (χ1) is 6.38. The zero-order valence-electron chi connectivity index (χ0n) is 8.55. The molecular weight excluding hydrogens is 186 g/mol. The lowest BCUT2D eigenvalue weighted by atomic mass is 10.0. The second-order valence-electron chi connectivity index (χ2n) is 3.64. The molecular formula is C11H14F2O. The topological polar surface area (TPSA) is 9.23 Å². The molecule has 0 aliphatic rings. The number of benzene rings is 1. The highest BCUT2D eigenvalue weighted by Gasteiger charge is 2.23. The summed E-state index contributed by atoms with van der Waals surface area (Å²) in [6.45, 7) is 4.74. The van der Waals surface area contributed by atoms with Gasteiger partial charge in [0.2, 0.25) is 0 Å². The Bertz CT molecular complexity index is 302. The van der Waals surface area contributed by atoms with Gasteiger partial charge in [0.05, 0.1) is 0 Å². The van der Waals surface area contributed by atoms with Gasteiger partial charge in [0.25, 0.3) is 0 Å². The van der Waals surface area contributed by atoms with Gasteiger partial charge in [0.15, 0.2) is 0 Å². The van der Waals surface area contributed by atoms with Gasteiger partial charge >= 0.3 is 6.11 Å². The van der Waals surface area contributed by atoms with E-state index in [1.165, 1.54) is 6.07 Å². The van der Waals surface area contributed by atoms with Crippen LogP contribution < -0.4 is 4.74 Å². The molecule has 0 saturated heterocycles. The first-order valence-electron chi connectivity index (χ1n) is 4.55. The molecule has 1 aromatic carbocycles. The Morgan fingerprint density at radius 2 is 1.93 bits per heavy atom. The highest BCUT2D eigenvalue weighted by Crippen LogP contribution is 2.24. The molecule has 1 aromatic rings. The van der Waals surface area contributed by atoms with Gasteiger partial charge in [0, 0.05) is 6.92 Å². The van der Waals surface area contributed by atoms with Crippen molar-refractivity contribution in [2.24, 2.45) is 0 Å². The summed E-state index contributed by atoms with van der Waals surface area (Å²) in [4.78, 5) is 0.